The maximum absolute atomic E-state index is 13.4. The van der Waals surface area contributed by atoms with Crippen LogP contribution in [0, 0.1) is 0 Å². The zero-order valence-corrected chi connectivity index (χ0v) is 21.9. The molecule has 0 bridgehead atoms. The van der Waals surface area contributed by atoms with Crippen molar-refractivity contribution < 1.29 is 27.8 Å². The van der Waals surface area contributed by atoms with Crippen LogP contribution in [0.5, 0.6) is 0 Å². The summed E-state index contributed by atoms with van der Waals surface area (Å²) < 4.78 is 97.5. The molecule has 3 aromatic heterocycles. The molecule has 0 aliphatic rings. The number of rotatable bonds is 6. The number of fused-ring (bicyclic) bond motifs is 3. The van der Waals surface area contributed by atoms with E-state index in [2.05, 4.69) is 14.8 Å². The Bertz CT molecular complexity index is 1930. The molecule has 8 nitrogen and oxygen atoms in total. The standard InChI is InChI=1S/C24H20F5N5O3S2/c1-15(21-5-3-4-12-30-21)32-38(36,37)17-8-11-22-19(13-17)23-20(14-33(2)31-23)24(35)34(22)16-6-9-18(10-7-16)39(25,26,27,28)29/h3-15,32H,1-2H3/t15-/m0/s1. The van der Waals surface area contributed by atoms with Crippen LogP contribution < -0.4 is 10.3 Å². The summed E-state index contributed by atoms with van der Waals surface area (Å²) in [4.78, 5) is 15.2. The Labute approximate surface area is 218 Å². The molecule has 0 saturated carbocycles. The molecule has 1 N–H and O–H groups in total. The Morgan fingerprint density at radius 2 is 1.64 bits per heavy atom. The number of pyridine rings is 2. The van der Waals surface area contributed by atoms with E-state index in [-0.39, 0.29) is 44.5 Å². The summed E-state index contributed by atoms with van der Waals surface area (Å²) >= 11 is 0. The van der Waals surface area contributed by atoms with E-state index in [0.29, 0.717) is 5.69 Å². The normalized spacial score (nSPS) is 15.3. The van der Waals surface area contributed by atoms with Gasteiger partial charge in [-0.2, -0.15) is 5.10 Å². The van der Waals surface area contributed by atoms with E-state index in [0.717, 1.165) is 16.7 Å². The number of benzene rings is 2. The fraction of sp³-hybridized carbons (Fsp3) is 0.125. The van der Waals surface area contributed by atoms with Gasteiger partial charge in [0.2, 0.25) is 10.0 Å². The summed E-state index contributed by atoms with van der Waals surface area (Å²) in [6.07, 6.45) is 2.90. The fourth-order valence-corrected chi connectivity index (χ4v) is 6.14. The molecule has 39 heavy (non-hydrogen) atoms. The number of nitrogens with zero attached hydrogens (tertiary/aromatic N) is 4. The highest BCUT2D eigenvalue weighted by Gasteiger charge is 2.65. The molecule has 1 atom stereocenters. The molecule has 0 amide bonds. The first-order valence-corrected chi connectivity index (χ1v) is 14.7. The predicted molar refractivity (Wildman–Crippen MR) is 138 cm³/mol. The lowest BCUT2D eigenvalue weighted by molar-refractivity contribution is 0.364. The molecule has 0 aliphatic heterocycles. The zero-order valence-electron chi connectivity index (χ0n) is 20.2. The van der Waals surface area contributed by atoms with E-state index >= 15 is 0 Å². The number of hydrogen-bond donors (Lipinski definition) is 1. The third-order valence-electron chi connectivity index (χ3n) is 6.04. The van der Waals surface area contributed by atoms with E-state index in [4.69, 9.17) is 0 Å². The first-order chi connectivity index (χ1) is 17.9. The van der Waals surface area contributed by atoms with Gasteiger partial charge in [-0.3, -0.25) is 19.0 Å². The Morgan fingerprint density at radius 3 is 2.26 bits per heavy atom. The molecule has 2 aromatic carbocycles. The van der Waals surface area contributed by atoms with Crippen LogP contribution in [-0.2, 0) is 17.1 Å². The van der Waals surface area contributed by atoms with E-state index in [9.17, 15) is 32.6 Å². The highest BCUT2D eigenvalue weighted by atomic mass is 32.5. The van der Waals surface area contributed by atoms with Gasteiger partial charge in [0.05, 0.1) is 27.5 Å². The van der Waals surface area contributed by atoms with Gasteiger partial charge >= 0.3 is 10.2 Å². The minimum absolute atomic E-state index is 0.0474. The molecule has 15 heteroatoms. The number of hydrogen-bond acceptors (Lipinski definition) is 5. The van der Waals surface area contributed by atoms with Crippen molar-refractivity contribution in [2.45, 2.75) is 22.8 Å². The van der Waals surface area contributed by atoms with Gasteiger partial charge in [0, 0.05) is 30.5 Å². The molecule has 0 spiro atoms. The largest absolute Gasteiger partial charge is 0.310 e. The number of aryl methyl sites for hydroxylation is 1. The summed E-state index contributed by atoms with van der Waals surface area (Å²) in [7, 11) is -12.5. The van der Waals surface area contributed by atoms with E-state index < -0.39 is 36.7 Å². The average molecular weight is 586 g/mol. The van der Waals surface area contributed by atoms with Crippen LogP contribution in [0.1, 0.15) is 18.7 Å². The smallest absolute Gasteiger partial charge is 0.276 e. The molecule has 5 aromatic rings. The minimum Gasteiger partial charge on any atom is -0.276 e. The second kappa shape index (κ2) is 8.09. The molecule has 0 radical (unpaired) electrons. The van der Waals surface area contributed by atoms with Crippen molar-refractivity contribution in [2.75, 3.05) is 0 Å². The zero-order chi connectivity index (χ0) is 28.4. The first-order valence-electron chi connectivity index (χ1n) is 11.2. The molecular formula is C24H20F5N5O3S2. The second-order valence-corrected chi connectivity index (χ2v) is 13.1. The van der Waals surface area contributed by atoms with Crippen molar-refractivity contribution in [3.8, 4) is 5.69 Å². The second-order valence-electron chi connectivity index (χ2n) is 8.95. The molecular weight excluding hydrogens is 565 g/mol. The SMILES string of the molecule is C[C@H](NS(=O)(=O)c1ccc2c(c1)c1nn(C)cc1c(=O)n2-c1ccc(S(F)(F)(F)(F)F)cc1)c1ccccn1. The summed E-state index contributed by atoms with van der Waals surface area (Å²) in [5.74, 6) is 0. The van der Waals surface area contributed by atoms with Crippen LogP contribution in [0.3, 0.4) is 0 Å². The summed E-state index contributed by atoms with van der Waals surface area (Å²) in [5, 5.41) is 4.52. The summed E-state index contributed by atoms with van der Waals surface area (Å²) in [6.45, 7) is 1.62. The lowest BCUT2D eigenvalue weighted by atomic mass is 10.1. The Morgan fingerprint density at radius 1 is 0.949 bits per heavy atom. The van der Waals surface area contributed by atoms with Gasteiger partial charge in [0.25, 0.3) is 5.56 Å². The van der Waals surface area contributed by atoms with Crippen molar-refractivity contribution in [1.82, 2.24) is 24.1 Å². The summed E-state index contributed by atoms with van der Waals surface area (Å²) in [5.41, 5.74) is -0.0462. The number of aromatic nitrogens is 4. The molecule has 0 aliphatic carbocycles. The molecule has 0 fully saturated rings. The van der Waals surface area contributed by atoms with Crippen LogP contribution in [-0.4, -0.2) is 27.7 Å². The van der Waals surface area contributed by atoms with Crippen LogP contribution >= 0.6 is 10.2 Å². The lowest BCUT2D eigenvalue weighted by Crippen LogP contribution is -2.27. The van der Waals surface area contributed by atoms with Crippen molar-refractivity contribution in [1.29, 1.82) is 0 Å². The number of nitrogens with one attached hydrogen (secondary N) is 1. The van der Waals surface area contributed by atoms with Crippen LogP contribution in [0.25, 0.3) is 27.5 Å². The van der Waals surface area contributed by atoms with Gasteiger partial charge in [-0.25, -0.2) is 13.1 Å². The fourth-order valence-electron chi connectivity index (χ4n) is 4.24. The van der Waals surface area contributed by atoms with Crippen LogP contribution in [0.15, 0.2) is 87.6 Å². The number of halogens is 5. The molecule has 3 heterocycles. The molecule has 0 saturated heterocycles. The average Bonchev–Trinajstić information content (AvgIpc) is 3.25. The quantitative estimate of drug-likeness (QED) is 0.248. The maximum Gasteiger partial charge on any atom is 0.310 e. The third kappa shape index (κ3) is 4.99. The van der Waals surface area contributed by atoms with Gasteiger partial charge in [-0.05, 0) is 61.5 Å². The van der Waals surface area contributed by atoms with Crippen LogP contribution in [0.2, 0.25) is 0 Å². The molecule has 206 valence electrons. The molecule has 5 rings (SSSR count). The van der Waals surface area contributed by atoms with Gasteiger partial charge in [0.1, 0.15) is 10.4 Å². The Balaban J connectivity index is 1.68. The monoisotopic (exact) mass is 585 g/mol. The highest BCUT2D eigenvalue weighted by Crippen LogP contribution is 3.02. The van der Waals surface area contributed by atoms with Crippen molar-refractivity contribution >= 4 is 42.1 Å². The van der Waals surface area contributed by atoms with Gasteiger partial charge < -0.3 is 0 Å². The number of sulfonamides is 1. The van der Waals surface area contributed by atoms with Crippen molar-refractivity contribution in [3.05, 3.63) is 89.1 Å². The molecule has 0 unspecified atom stereocenters. The predicted octanol–water partition coefficient (Wildman–Crippen LogP) is 5.97. The Hall–Kier alpha value is -3.82. The lowest BCUT2D eigenvalue weighted by Gasteiger charge is -2.40. The van der Waals surface area contributed by atoms with E-state index in [1.165, 1.54) is 42.3 Å². The minimum atomic E-state index is -9.93. The van der Waals surface area contributed by atoms with Gasteiger partial charge in [-0.1, -0.05) is 25.5 Å². The van der Waals surface area contributed by atoms with Gasteiger partial charge in [-0.15, -0.1) is 0 Å². The van der Waals surface area contributed by atoms with Gasteiger partial charge in [0.15, 0.2) is 0 Å². The van der Waals surface area contributed by atoms with Crippen molar-refractivity contribution in [3.63, 3.8) is 0 Å². The summed E-state index contributed by atoms with van der Waals surface area (Å²) in [6, 6.07) is 10.2. The topological polar surface area (TPSA) is 98.9 Å². The van der Waals surface area contributed by atoms with Crippen molar-refractivity contribution in [2.24, 2.45) is 7.05 Å². The maximum atomic E-state index is 13.4. The van der Waals surface area contributed by atoms with Crippen LogP contribution in [0.4, 0.5) is 19.4 Å². The van der Waals surface area contributed by atoms with E-state index in [1.807, 2.05) is 0 Å². The highest BCUT2D eigenvalue weighted by molar-refractivity contribution is 8.45. The third-order valence-corrected chi connectivity index (χ3v) is 8.74. The Kier molecular flexibility index (Phi) is 5.56. The van der Waals surface area contributed by atoms with E-state index in [1.54, 1.807) is 25.1 Å². The first kappa shape index (κ1) is 26.8.